The Morgan fingerprint density at radius 1 is 1.36 bits per heavy atom. The Morgan fingerprint density at radius 2 is 2.04 bits per heavy atom. The number of nitrogens with zero attached hydrogens (tertiary/aromatic N) is 1. The molecule has 0 atom stereocenters. The fourth-order valence-corrected chi connectivity index (χ4v) is 5.24. The van der Waals surface area contributed by atoms with Crippen molar-refractivity contribution in [3.63, 3.8) is 0 Å². The van der Waals surface area contributed by atoms with Crippen LogP contribution in [0.25, 0.3) is 11.1 Å². The highest BCUT2D eigenvalue weighted by Crippen LogP contribution is 2.30. The molecule has 0 spiro atoms. The third kappa shape index (κ3) is 3.82. The van der Waals surface area contributed by atoms with E-state index in [-0.39, 0.29) is 23.4 Å². The summed E-state index contributed by atoms with van der Waals surface area (Å²) < 4.78 is 30.0. The monoisotopic (exact) mass is 384 g/mol. The molecule has 1 heterocycles. The third-order valence-electron chi connectivity index (χ3n) is 4.70. The van der Waals surface area contributed by atoms with Crippen LogP contribution < -0.4 is 5.32 Å². The molecule has 1 saturated carbocycles. The number of oxazole rings is 1. The minimum Gasteiger partial charge on any atom is -0.423 e. The smallest absolute Gasteiger partial charge is 0.302 e. The van der Waals surface area contributed by atoms with Crippen molar-refractivity contribution in [2.24, 2.45) is 0 Å². The Labute approximate surface area is 151 Å². The average molecular weight is 385 g/mol. The van der Waals surface area contributed by atoms with Crippen LogP contribution in [0.2, 0.25) is 5.02 Å². The number of hydrogen-bond acceptors (Lipinski definition) is 5. The quantitative estimate of drug-likeness (QED) is 0.847. The number of hydrogen-bond donors (Lipinski definition) is 1. The molecule has 6 nitrogen and oxygen atoms in total. The van der Waals surface area contributed by atoms with Gasteiger partial charge < -0.3 is 4.42 Å². The lowest BCUT2D eigenvalue weighted by atomic mass is 10.1. The molecule has 1 aromatic heterocycles. The molecule has 1 amide bonds. The molecule has 1 aliphatic carbocycles. The van der Waals surface area contributed by atoms with E-state index < -0.39 is 15.7 Å². The van der Waals surface area contributed by atoms with Crippen LogP contribution in [-0.2, 0) is 14.6 Å². The SMILES string of the molecule is Cc1cc2oc(NC(=O)CCS(=O)(=O)C3CCCC3)nc2c(C)c1Cl. The van der Waals surface area contributed by atoms with Gasteiger partial charge in [-0.05, 0) is 43.9 Å². The molecule has 1 aromatic carbocycles. The molecule has 136 valence electrons. The van der Waals surface area contributed by atoms with Crippen LogP contribution in [0.5, 0.6) is 0 Å². The van der Waals surface area contributed by atoms with Gasteiger partial charge in [-0.25, -0.2) is 8.42 Å². The molecule has 2 aromatic rings. The number of carbonyl (C=O) groups excluding carboxylic acids is 1. The number of anilines is 1. The van der Waals surface area contributed by atoms with Gasteiger partial charge in [-0.3, -0.25) is 10.1 Å². The second kappa shape index (κ2) is 6.96. The Bertz CT molecular complexity index is 914. The summed E-state index contributed by atoms with van der Waals surface area (Å²) in [5, 5.41) is 2.85. The highest BCUT2D eigenvalue weighted by molar-refractivity contribution is 7.92. The highest BCUT2D eigenvalue weighted by Gasteiger charge is 2.29. The largest absolute Gasteiger partial charge is 0.423 e. The molecule has 1 aliphatic rings. The van der Waals surface area contributed by atoms with E-state index >= 15 is 0 Å². The van der Waals surface area contributed by atoms with Crippen molar-refractivity contribution in [1.82, 2.24) is 4.98 Å². The first-order valence-corrected chi connectivity index (χ1v) is 10.4. The van der Waals surface area contributed by atoms with Crippen LogP contribution in [0.4, 0.5) is 6.01 Å². The summed E-state index contributed by atoms with van der Waals surface area (Å²) >= 11 is 6.20. The summed E-state index contributed by atoms with van der Waals surface area (Å²) in [6, 6.07) is 1.82. The zero-order valence-electron chi connectivity index (χ0n) is 14.3. The number of fused-ring (bicyclic) bond motifs is 1. The van der Waals surface area contributed by atoms with Crippen molar-refractivity contribution < 1.29 is 17.6 Å². The maximum Gasteiger partial charge on any atom is 0.302 e. The Hall–Kier alpha value is -1.60. The van der Waals surface area contributed by atoms with Crippen molar-refractivity contribution in [3.05, 3.63) is 22.2 Å². The first-order chi connectivity index (χ1) is 11.8. The lowest BCUT2D eigenvalue weighted by Gasteiger charge is -2.10. The summed E-state index contributed by atoms with van der Waals surface area (Å²) in [4.78, 5) is 16.3. The van der Waals surface area contributed by atoms with E-state index in [1.54, 1.807) is 6.07 Å². The van der Waals surface area contributed by atoms with Gasteiger partial charge in [-0.2, -0.15) is 4.98 Å². The molecule has 0 aliphatic heterocycles. The minimum atomic E-state index is -3.22. The predicted octanol–water partition coefficient (Wildman–Crippen LogP) is 3.78. The van der Waals surface area contributed by atoms with E-state index in [4.69, 9.17) is 16.0 Å². The van der Waals surface area contributed by atoms with E-state index in [1.807, 2.05) is 13.8 Å². The number of sulfone groups is 1. The number of amides is 1. The maximum absolute atomic E-state index is 12.2. The van der Waals surface area contributed by atoms with E-state index in [1.165, 1.54) is 0 Å². The molecule has 1 N–H and O–H groups in total. The van der Waals surface area contributed by atoms with Crippen molar-refractivity contribution in [1.29, 1.82) is 0 Å². The predicted molar refractivity (Wildman–Crippen MR) is 97.8 cm³/mol. The maximum atomic E-state index is 12.2. The fraction of sp³-hybridized carbons (Fsp3) is 0.529. The van der Waals surface area contributed by atoms with Crippen LogP contribution in [0, 0.1) is 13.8 Å². The van der Waals surface area contributed by atoms with Crippen LogP contribution in [0.3, 0.4) is 0 Å². The summed E-state index contributed by atoms with van der Waals surface area (Å²) in [5.41, 5.74) is 2.77. The zero-order chi connectivity index (χ0) is 18.2. The average Bonchev–Trinajstić information content (AvgIpc) is 3.21. The van der Waals surface area contributed by atoms with Crippen molar-refractivity contribution in [2.75, 3.05) is 11.1 Å². The van der Waals surface area contributed by atoms with Crippen molar-refractivity contribution >= 4 is 44.5 Å². The van der Waals surface area contributed by atoms with Crippen molar-refractivity contribution in [3.8, 4) is 0 Å². The van der Waals surface area contributed by atoms with Gasteiger partial charge in [0.05, 0.1) is 11.0 Å². The lowest BCUT2D eigenvalue weighted by molar-refractivity contribution is -0.115. The van der Waals surface area contributed by atoms with Crippen LogP contribution in [0.1, 0.15) is 43.2 Å². The third-order valence-corrected chi connectivity index (χ3v) is 7.54. The summed E-state index contributed by atoms with van der Waals surface area (Å²) in [6.45, 7) is 3.70. The van der Waals surface area contributed by atoms with Gasteiger partial charge in [0, 0.05) is 11.4 Å². The van der Waals surface area contributed by atoms with Gasteiger partial charge >= 0.3 is 6.01 Å². The van der Waals surface area contributed by atoms with Gasteiger partial charge in [-0.1, -0.05) is 24.4 Å². The Balaban J connectivity index is 1.67. The summed E-state index contributed by atoms with van der Waals surface area (Å²) in [5.74, 6) is -0.568. The lowest BCUT2D eigenvalue weighted by Crippen LogP contribution is -2.24. The molecule has 0 saturated heterocycles. The number of carbonyl (C=O) groups is 1. The number of nitrogens with one attached hydrogen (secondary N) is 1. The first-order valence-electron chi connectivity index (χ1n) is 8.35. The van der Waals surface area contributed by atoms with Gasteiger partial charge in [0.15, 0.2) is 15.4 Å². The second-order valence-corrected chi connectivity index (χ2v) is 9.35. The molecular formula is C17H21ClN2O4S. The molecule has 1 fully saturated rings. The first kappa shape index (κ1) is 18.2. The summed E-state index contributed by atoms with van der Waals surface area (Å²) in [6.07, 6.45) is 3.19. The molecule has 3 rings (SSSR count). The van der Waals surface area contributed by atoms with Crippen molar-refractivity contribution in [2.45, 2.75) is 51.2 Å². The van der Waals surface area contributed by atoms with Gasteiger partial charge in [0.25, 0.3) is 0 Å². The summed E-state index contributed by atoms with van der Waals surface area (Å²) in [7, 11) is -3.22. The molecular weight excluding hydrogens is 364 g/mol. The Kier molecular flexibility index (Phi) is 5.06. The molecule has 8 heteroatoms. The van der Waals surface area contributed by atoms with Gasteiger partial charge in [0.1, 0.15) is 5.52 Å². The highest BCUT2D eigenvalue weighted by atomic mass is 35.5. The molecule has 25 heavy (non-hydrogen) atoms. The molecule has 0 bridgehead atoms. The number of aryl methyl sites for hydroxylation is 2. The van der Waals surface area contributed by atoms with Crippen LogP contribution in [0.15, 0.2) is 10.5 Å². The minimum absolute atomic E-state index is 0.0584. The fourth-order valence-electron chi connectivity index (χ4n) is 3.24. The number of halogens is 1. The van der Waals surface area contributed by atoms with Crippen LogP contribution >= 0.6 is 11.6 Å². The van der Waals surface area contributed by atoms with Gasteiger partial charge in [-0.15, -0.1) is 0 Å². The zero-order valence-corrected chi connectivity index (χ0v) is 15.8. The normalized spacial score (nSPS) is 15.8. The number of rotatable bonds is 5. The number of aromatic nitrogens is 1. The van der Waals surface area contributed by atoms with E-state index in [2.05, 4.69) is 10.3 Å². The van der Waals surface area contributed by atoms with E-state index in [9.17, 15) is 13.2 Å². The van der Waals surface area contributed by atoms with E-state index in [0.29, 0.717) is 29.0 Å². The second-order valence-electron chi connectivity index (χ2n) is 6.57. The topological polar surface area (TPSA) is 89.3 Å². The Morgan fingerprint density at radius 3 is 2.72 bits per heavy atom. The molecule has 0 unspecified atom stereocenters. The standard InChI is InChI=1S/C17H21ClN2O4S/c1-10-9-13-16(11(2)15(10)18)20-17(24-13)19-14(21)7-8-25(22,23)12-5-3-4-6-12/h9,12H,3-8H2,1-2H3,(H,19,20,21). The molecule has 0 radical (unpaired) electrons. The van der Waals surface area contributed by atoms with E-state index in [0.717, 1.165) is 24.0 Å². The number of benzene rings is 1. The van der Waals surface area contributed by atoms with Gasteiger partial charge in [0.2, 0.25) is 5.91 Å². The van der Waals surface area contributed by atoms with Crippen LogP contribution in [-0.4, -0.2) is 30.3 Å².